The monoisotopic (exact) mass is 220 g/mol. The molecule has 5 heteroatoms. The lowest BCUT2D eigenvalue weighted by molar-refractivity contribution is 0.0781. The lowest BCUT2D eigenvalue weighted by atomic mass is 10.3. The van der Waals surface area contributed by atoms with Gasteiger partial charge in [0, 0.05) is 13.1 Å². The molecular weight excluding hydrogens is 208 g/mol. The number of nitrogens with zero attached hydrogens (tertiary/aromatic N) is 2. The van der Waals surface area contributed by atoms with Crippen LogP contribution in [-0.2, 0) is 6.54 Å². The number of carbonyl (C=O) groups excluding carboxylic acids is 1. The fourth-order valence-corrected chi connectivity index (χ4v) is 1.41. The Morgan fingerprint density at radius 3 is 2.94 bits per heavy atom. The molecule has 0 aromatic carbocycles. The molecule has 0 N–H and O–H groups in total. The molecule has 84 valence electrons. The summed E-state index contributed by atoms with van der Waals surface area (Å²) < 4.78 is 9.79. The lowest BCUT2D eigenvalue weighted by Crippen LogP contribution is -2.25. The van der Waals surface area contributed by atoms with Crippen LogP contribution in [-0.4, -0.2) is 23.0 Å². The molecule has 0 aliphatic heterocycles. The number of aryl methyl sites for hydroxylation is 1. The number of amides is 1. The summed E-state index contributed by atoms with van der Waals surface area (Å²) >= 11 is 0. The van der Waals surface area contributed by atoms with E-state index in [0.717, 1.165) is 11.5 Å². The highest BCUT2D eigenvalue weighted by Gasteiger charge is 2.14. The molecule has 0 aliphatic rings. The maximum Gasteiger partial charge on any atom is 0.257 e. The maximum absolute atomic E-state index is 11.8. The Balaban J connectivity index is 2.03. The van der Waals surface area contributed by atoms with Gasteiger partial charge in [-0.1, -0.05) is 5.16 Å². The molecule has 0 atom stereocenters. The topological polar surface area (TPSA) is 59.5 Å². The number of rotatable bonds is 3. The van der Waals surface area contributed by atoms with Crippen molar-refractivity contribution >= 4 is 5.91 Å². The maximum atomic E-state index is 11.8. The van der Waals surface area contributed by atoms with Crippen LogP contribution in [0.3, 0.4) is 0 Å². The molecule has 0 fully saturated rings. The van der Waals surface area contributed by atoms with Gasteiger partial charge in [-0.25, -0.2) is 0 Å². The number of furan rings is 1. The first-order valence-corrected chi connectivity index (χ1v) is 4.86. The summed E-state index contributed by atoms with van der Waals surface area (Å²) in [5, 5.41) is 3.83. The van der Waals surface area contributed by atoms with E-state index < -0.39 is 0 Å². The first kappa shape index (κ1) is 10.5. The van der Waals surface area contributed by atoms with Crippen LogP contribution in [0.25, 0.3) is 0 Å². The van der Waals surface area contributed by atoms with E-state index in [1.807, 2.05) is 6.92 Å². The minimum Gasteiger partial charge on any atom is -0.472 e. The molecular formula is C11H12N2O3. The van der Waals surface area contributed by atoms with Crippen molar-refractivity contribution < 1.29 is 13.7 Å². The summed E-state index contributed by atoms with van der Waals surface area (Å²) in [6.45, 7) is 2.23. The average molecular weight is 220 g/mol. The molecule has 0 aliphatic carbocycles. The lowest BCUT2D eigenvalue weighted by Gasteiger charge is -2.13. The Labute approximate surface area is 92.6 Å². The van der Waals surface area contributed by atoms with Crippen molar-refractivity contribution in [3.05, 3.63) is 41.7 Å². The minimum atomic E-state index is -0.102. The van der Waals surface area contributed by atoms with Crippen molar-refractivity contribution in [1.29, 1.82) is 0 Å². The Hall–Kier alpha value is -2.04. The predicted octanol–water partition coefficient (Wildman–Crippen LogP) is 1.85. The van der Waals surface area contributed by atoms with Gasteiger partial charge in [0.05, 0.1) is 18.4 Å². The highest BCUT2D eigenvalue weighted by Crippen LogP contribution is 2.09. The second-order valence-corrected chi connectivity index (χ2v) is 3.60. The van der Waals surface area contributed by atoms with Crippen molar-refractivity contribution in [2.45, 2.75) is 13.5 Å². The second kappa shape index (κ2) is 4.22. The molecule has 2 aromatic heterocycles. The zero-order valence-electron chi connectivity index (χ0n) is 9.14. The molecule has 2 aromatic rings. The molecule has 0 spiro atoms. The van der Waals surface area contributed by atoms with Crippen molar-refractivity contribution in [2.75, 3.05) is 7.05 Å². The highest BCUT2D eigenvalue weighted by atomic mass is 16.5. The molecule has 0 saturated heterocycles. The van der Waals surface area contributed by atoms with Crippen LogP contribution >= 0.6 is 0 Å². The molecule has 0 saturated carbocycles. The average Bonchev–Trinajstić information content (AvgIpc) is 2.88. The van der Waals surface area contributed by atoms with Gasteiger partial charge in [0.25, 0.3) is 5.91 Å². The number of carbonyl (C=O) groups is 1. The number of aromatic nitrogens is 1. The molecule has 0 bridgehead atoms. The Morgan fingerprint density at radius 2 is 2.38 bits per heavy atom. The van der Waals surface area contributed by atoms with E-state index in [-0.39, 0.29) is 5.91 Å². The Bertz CT molecular complexity index is 473. The minimum absolute atomic E-state index is 0.102. The van der Waals surface area contributed by atoms with E-state index in [4.69, 9.17) is 8.94 Å². The quantitative estimate of drug-likeness (QED) is 0.792. The second-order valence-electron chi connectivity index (χ2n) is 3.60. The van der Waals surface area contributed by atoms with Gasteiger partial charge in [-0.15, -0.1) is 0 Å². The van der Waals surface area contributed by atoms with Crippen LogP contribution in [0.5, 0.6) is 0 Å². The largest absolute Gasteiger partial charge is 0.472 e. The first-order valence-electron chi connectivity index (χ1n) is 4.86. The van der Waals surface area contributed by atoms with Gasteiger partial charge in [-0.3, -0.25) is 4.79 Å². The van der Waals surface area contributed by atoms with E-state index in [0.29, 0.717) is 12.1 Å². The van der Waals surface area contributed by atoms with Gasteiger partial charge in [-0.05, 0) is 13.0 Å². The Morgan fingerprint density at radius 1 is 1.56 bits per heavy atom. The smallest absolute Gasteiger partial charge is 0.257 e. The summed E-state index contributed by atoms with van der Waals surface area (Å²) in [6.07, 6.45) is 2.90. The third kappa shape index (κ3) is 2.13. The van der Waals surface area contributed by atoms with Crippen molar-refractivity contribution in [3.63, 3.8) is 0 Å². The van der Waals surface area contributed by atoms with Crippen LogP contribution in [0.2, 0.25) is 0 Å². The normalized spacial score (nSPS) is 10.4. The summed E-state index contributed by atoms with van der Waals surface area (Å²) in [5.74, 6) is 0.633. The fourth-order valence-electron chi connectivity index (χ4n) is 1.41. The predicted molar refractivity (Wildman–Crippen MR) is 55.7 cm³/mol. The molecule has 5 nitrogen and oxygen atoms in total. The summed E-state index contributed by atoms with van der Waals surface area (Å²) in [6, 6.07) is 3.44. The van der Waals surface area contributed by atoms with E-state index in [9.17, 15) is 4.79 Å². The number of hydrogen-bond donors (Lipinski definition) is 0. The summed E-state index contributed by atoms with van der Waals surface area (Å²) in [4.78, 5) is 13.4. The van der Waals surface area contributed by atoms with Crippen LogP contribution in [0, 0.1) is 6.92 Å². The summed E-state index contributed by atoms with van der Waals surface area (Å²) in [5.41, 5.74) is 1.26. The molecule has 0 unspecified atom stereocenters. The van der Waals surface area contributed by atoms with Gasteiger partial charge < -0.3 is 13.8 Å². The van der Waals surface area contributed by atoms with Crippen LogP contribution in [0.15, 0.2) is 33.6 Å². The van der Waals surface area contributed by atoms with Gasteiger partial charge in [-0.2, -0.15) is 0 Å². The third-order valence-corrected chi connectivity index (χ3v) is 2.19. The Kier molecular flexibility index (Phi) is 2.76. The standard InChI is InChI=1S/C11H12N2O3/c1-8-5-10(12-16-8)6-13(2)11(14)9-3-4-15-7-9/h3-5,7H,6H2,1-2H3. The molecule has 2 rings (SSSR count). The molecule has 2 heterocycles. The van der Waals surface area contributed by atoms with Crippen molar-refractivity contribution in [1.82, 2.24) is 10.1 Å². The van der Waals surface area contributed by atoms with E-state index >= 15 is 0 Å². The zero-order chi connectivity index (χ0) is 11.5. The van der Waals surface area contributed by atoms with Crippen LogP contribution in [0.4, 0.5) is 0 Å². The van der Waals surface area contributed by atoms with Crippen molar-refractivity contribution in [2.24, 2.45) is 0 Å². The van der Waals surface area contributed by atoms with E-state index in [1.54, 1.807) is 24.1 Å². The first-order chi connectivity index (χ1) is 7.66. The zero-order valence-corrected chi connectivity index (χ0v) is 9.14. The molecule has 0 radical (unpaired) electrons. The summed E-state index contributed by atoms with van der Waals surface area (Å²) in [7, 11) is 1.71. The number of hydrogen-bond acceptors (Lipinski definition) is 4. The van der Waals surface area contributed by atoms with Gasteiger partial charge >= 0.3 is 0 Å². The van der Waals surface area contributed by atoms with E-state index in [2.05, 4.69) is 5.16 Å². The van der Waals surface area contributed by atoms with Crippen molar-refractivity contribution in [3.8, 4) is 0 Å². The van der Waals surface area contributed by atoms with Gasteiger partial charge in [0.15, 0.2) is 0 Å². The molecule has 1 amide bonds. The van der Waals surface area contributed by atoms with Crippen LogP contribution in [0.1, 0.15) is 21.8 Å². The highest BCUT2D eigenvalue weighted by molar-refractivity contribution is 5.93. The van der Waals surface area contributed by atoms with E-state index in [1.165, 1.54) is 12.5 Å². The van der Waals surface area contributed by atoms with Gasteiger partial charge in [0.1, 0.15) is 17.7 Å². The SMILES string of the molecule is Cc1cc(CN(C)C(=O)c2ccoc2)no1. The van der Waals surface area contributed by atoms with Crippen LogP contribution < -0.4 is 0 Å². The molecule has 16 heavy (non-hydrogen) atoms. The fraction of sp³-hybridized carbons (Fsp3) is 0.273. The third-order valence-electron chi connectivity index (χ3n) is 2.19. The van der Waals surface area contributed by atoms with Gasteiger partial charge in [0.2, 0.25) is 0 Å².